The van der Waals surface area contributed by atoms with Gasteiger partial charge in [0, 0.05) is 36.3 Å². The molecule has 4 atom stereocenters. The summed E-state index contributed by atoms with van der Waals surface area (Å²) in [7, 11) is 3.34. The van der Waals surface area contributed by atoms with Crippen molar-refractivity contribution in [1.29, 1.82) is 0 Å². The molecule has 0 saturated carbocycles. The second-order valence-electron chi connectivity index (χ2n) is 9.62. The number of carbonyl (C=O) groups is 1. The van der Waals surface area contributed by atoms with Gasteiger partial charge < -0.3 is 20.1 Å². The third-order valence-electron chi connectivity index (χ3n) is 7.80. The van der Waals surface area contributed by atoms with E-state index in [0.717, 1.165) is 60.5 Å². The molecule has 6 heteroatoms. The molecule has 0 aliphatic carbocycles. The zero-order valence-electron chi connectivity index (χ0n) is 19.9. The van der Waals surface area contributed by atoms with Crippen molar-refractivity contribution >= 4 is 5.91 Å². The Morgan fingerprint density at radius 2 is 2.03 bits per heavy atom. The molecule has 1 amide bonds. The summed E-state index contributed by atoms with van der Waals surface area (Å²) in [4.78, 5) is 16.3. The molecule has 0 aromatic heterocycles. The second kappa shape index (κ2) is 9.35. The number of fused-ring (bicyclic) bond motifs is 4. The number of carbonyl (C=O) groups excluding carboxylic acids is 1. The van der Waals surface area contributed by atoms with E-state index in [4.69, 9.17) is 9.47 Å². The van der Waals surface area contributed by atoms with Gasteiger partial charge in [0.2, 0.25) is 0 Å². The zero-order chi connectivity index (χ0) is 22.9. The second-order valence-corrected chi connectivity index (χ2v) is 9.62. The van der Waals surface area contributed by atoms with Crippen LogP contribution in [0.1, 0.15) is 65.3 Å². The van der Waals surface area contributed by atoms with Crippen molar-refractivity contribution in [2.45, 2.75) is 50.7 Å². The number of nitrogens with zero attached hydrogens (tertiary/aromatic N) is 1. The lowest BCUT2D eigenvalue weighted by Gasteiger charge is -2.49. The number of rotatable bonds is 5. The van der Waals surface area contributed by atoms with E-state index in [2.05, 4.69) is 15.5 Å². The number of amides is 1. The molecule has 33 heavy (non-hydrogen) atoms. The lowest BCUT2D eigenvalue weighted by atomic mass is 9.76. The Morgan fingerprint density at radius 3 is 2.79 bits per heavy atom. The minimum Gasteiger partial charge on any atom is -0.493 e. The maximum atomic E-state index is 13.7. The van der Waals surface area contributed by atoms with E-state index < -0.39 is 0 Å². The van der Waals surface area contributed by atoms with Crippen LogP contribution in [0.3, 0.4) is 0 Å². The van der Waals surface area contributed by atoms with E-state index in [0.29, 0.717) is 17.7 Å². The first-order valence-electron chi connectivity index (χ1n) is 12.2. The molecule has 5 rings (SSSR count). The number of piperidine rings is 2. The molecule has 0 bridgehead atoms. The summed E-state index contributed by atoms with van der Waals surface area (Å²) in [6.07, 6.45) is 4.45. The number of hydrogen-bond donors (Lipinski definition) is 2. The molecule has 0 radical (unpaired) electrons. The monoisotopic (exact) mass is 449 g/mol. The van der Waals surface area contributed by atoms with Crippen molar-refractivity contribution in [2.75, 3.05) is 33.9 Å². The van der Waals surface area contributed by atoms with Crippen LogP contribution in [-0.2, 0) is 6.42 Å². The first kappa shape index (κ1) is 22.2. The van der Waals surface area contributed by atoms with Gasteiger partial charge in [-0.05, 0) is 62.3 Å². The summed E-state index contributed by atoms with van der Waals surface area (Å²) in [5.41, 5.74) is 4.07. The van der Waals surface area contributed by atoms with Crippen LogP contribution in [0.15, 0.2) is 36.4 Å². The van der Waals surface area contributed by atoms with Crippen molar-refractivity contribution in [3.63, 3.8) is 0 Å². The van der Waals surface area contributed by atoms with Crippen molar-refractivity contribution in [3.8, 4) is 11.5 Å². The molecule has 0 spiro atoms. The molecule has 2 fully saturated rings. The van der Waals surface area contributed by atoms with Crippen molar-refractivity contribution in [1.82, 2.24) is 15.5 Å². The summed E-state index contributed by atoms with van der Waals surface area (Å²) < 4.78 is 11.5. The first-order valence-corrected chi connectivity index (χ1v) is 12.2. The Morgan fingerprint density at radius 1 is 1.21 bits per heavy atom. The molecule has 2 aromatic rings. The van der Waals surface area contributed by atoms with Crippen LogP contribution in [0.4, 0.5) is 0 Å². The van der Waals surface area contributed by atoms with Gasteiger partial charge in [0.05, 0.1) is 20.3 Å². The van der Waals surface area contributed by atoms with E-state index in [-0.39, 0.29) is 18.0 Å². The number of ether oxygens (including phenoxy) is 2. The van der Waals surface area contributed by atoms with E-state index in [1.807, 2.05) is 43.3 Å². The third kappa shape index (κ3) is 4.11. The molecule has 2 N–H and O–H groups in total. The lowest BCUT2D eigenvalue weighted by molar-refractivity contribution is 0.0537. The topological polar surface area (TPSA) is 62.8 Å². The highest BCUT2D eigenvalue weighted by Gasteiger charge is 2.42. The van der Waals surface area contributed by atoms with Crippen molar-refractivity contribution in [2.24, 2.45) is 5.92 Å². The average Bonchev–Trinajstić information content (AvgIpc) is 2.86. The normalized spacial score (nSPS) is 25.2. The van der Waals surface area contributed by atoms with Crippen LogP contribution in [-0.4, -0.2) is 50.7 Å². The summed E-state index contributed by atoms with van der Waals surface area (Å²) in [6.45, 7) is 5.21. The lowest BCUT2D eigenvalue weighted by Crippen LogP contribution is -2.55. The highest BCUT2D eigenvalue weighted by Crippen LogP contribution is 2.47. The molecule has 0 unspecified atom stereocenters. The van der Waals surface area contributed by atoms with Crippen LogP contribution in [0.25, 0.3) is 0 Å². The standard InChI is InChI=1S/C27H35N3O3/c1-17(18-8-5-4-6-9-18)29-27(31)21-14-24(32-2)26(33-3)20-11-13-30-16-19-10-7-12-28-22(19)15-23(30)25(20)21/h4-6,8-9,14,17,19,22-23,28H,7,10-13,15-16H2,1-3H3,(H,29,31)/t17-,19+,22-,23-/m1/s1. The molecule has 3 heterocycles. The van der Waals surface area contributed by atoms with E-state index >= 15 is 0 Å². The van der Waals surface area contributed by atoms with Crippen LogP contribution in [0, 0.1) is 5.92 Å². The van der Waals surface area contributed by atoms with Gasteiger partial charge in [-0.1, -0.05) is 30.3 Å². The quantitative estimate of drug-likeness (QED) is 0.726. The smallest absolute Gasteiger partial charge is 0.252 e. The zero-order valence-corrected chi connectivity index (χ0v) is 19.9. The van der Waals surface area contributed by atoms with Gasteiger partial charge in [-0.25, -0.2) is 0 Å². The first-order chi connectivity index (χ1) is 16.1. The molecule has 2 saturated heterocycles. The van der Waals surface area contributed by atoms with Gasteiger partial charge in [-0.15, -0.1) is 0 Å². The van der Waals surface area contributed by atoms with Crippen molar-refractivity contribution in [3.05, 3.63) is 58.7 Å². The molecule has 3 aliphatic rings. The fourth-order valence-electron chi connectivity index (χ4n) is 6.13. The van der Waals surface area contributed by atoms with Crippen LogP contribution >= 0.6 is 0 Å². The van der Waals surface area contributed by atoms with E-state index in [1.54, 1.807) is 14.2 Å². The van der Waals surface area contributed by atoms with Crippen LogP contribution in [0.5, 0.6) is 11.5 Å². The Hall–Kier alpha value is -2.57. The number of hydrogen-bond acceptors (Lipinski definition) is 5. The maximum Gasteiger partial charge on any atom is 0.252 e. The minimum atomic E-state index is -0.0853. The SMILES string of the molecule is COc1cc(C(=O)N[C@H](C)c2ccccc2)c2c(c1OC)CCN1C[C@@H]3CCCN[C@@H]3C[C@H]21. The van der Waals surface area contributed by atoms with Crippen molar-refractivity contribution < 1.29 is 14.3 Å². The van der Waals surface area contributed by atoms with Gasteiger partial charge in [0.25, 0.3) is 5.91 Å². The molecule has 176 valence electrons. The van der Waals surface area contributed by atoms with Gasteiger partial charge in [0.15, 0.2) is 11.5 Å². The minimum absolute atomic E-state index is 0.0517. The highest BCUT2D eigenvalue weighted by atomic mass is 16.5. The molecular weight excluding hydrogens is 414 g/mol. The summed E-state index contributed by atoms with van der Waals surface area (Å²) in [6, 6.07) is 12.6. The maximum absolute atomic E-state index is 13.7. The number of nitrogens with one attached hydrogen (secondary N) is 2. The van der Waals surface area contributed by atoms with Gasteiger partial charge in [0.1, 0.15) is 0 Å². The predicted octanol–water partition coefficient (Wildman–Crippen LogP) is 3.87. The van der Waals surface area contributed by atoms with Gasteiger partial charge in [-0.2, -0.15) is 0 Å². The van der Waals surface area contributed by atoms with Gasteiger partial charge >= 0.3 is 0 Å². The van der Waals surface area contributed by atoms with E-state index in [9.17, 15) is 4.79 Å². The Bertz CT molecular complexity index is 1010. The van der Waals surface area contributed by atoms with Gasteiger partial charge in [-0.3, -0.25) is 9.69 Å². The largest absolute Gasteiger partial charge is 0.493 e. The highest BCUT2D eigenvalue weighted by molar-refractivity contribution is 5.97. The third-order valence-corrected chi connectivity index (χ3v) is 7.80. The Kier molecular flexibility index (Phi) is 6.30. The number of methoxy groups -OCH3 is 2. The van der Waals surface area contributed by atoms with Crippen LogP contribution in [0.2, 0.25) is 0 Å². The van der Waals surface area contributed by atoms with Crippen LogP contribution < -0.4 is 20.1 Å². The Labute approximate surface area is 196 Å². The Balaban J connectivity index is 1.53. The summed E-state index contributed by atoms with van der Waals surface area (Å²) >= 11 is 0. The fraction of sp³-hybridized carbons (Fsp3) is 0.519. The predicted molar refractivity (Wildman–Crippen MR) is 129 cm³/mol. The molecular formula is C27H35N3O3. The van der Waals surface area contributed by atoms with E-state index in [1.165, 1.54) is 12.8 Å². The fourth-order valence-corrected chi connectivity index (χ4v) is 6.13. The summed E-state index contributed by atoms with van der Waals surface area (Å²) in [5.74, 6) is 2.06. The average molecular weight is 450 g/mol. The molecule has 2 aromatic carbocycles. The number of benzene rings is 2. The summed E-state index contributed by atoms with van der Waals surface area (Å²) in [5, 5.41) is 6.99. The molecule has 3 aliphatic heterocycles. The molecule has 6 nitrogen and oxygen atoms in total.